The van der Waals surface area contributed by atoms with Gasteiger partial charge < -0.3 is 5.32 Å². The van der Waals surface area contributed by atoms with Crippen LogP contribution in [0.4, 0.5) is 13.2 Å². The van der Waals surface area contributed by atoms with Crippen molar-refractivity contribution < 1.29 is 18.0 Å². The molecule has 1 saturated carbocycles. The van der Waals surface area contributed by atoms with Gasteiger partial charge in [0.25, 0.3) is 5.91 Å². The van der Waals surface area contributed by atoms with Crippen molar-refractivity contribution >= 4 is 29.1 Å². The minimum absolute atomic E-state index is 0.0271. The number of pyridine rings is 1. The molecule has 1 N–H and O–H groups in total. The van der Waals surface area contributed by atoms with Gasteiger partial charge in [-0.1, -0.05) is 23.2 Å². The largest absolute Gasteiger partial charge is 0.391 e. The van der Waals surface area contributed by atoms with Crippen LogP contribution in [-0.2, 0) is 0 Å². The minimum atomic E-state index is -4.16. The lowest BCUT2D eigenvalue weighted by molar-refractivity contribution is -0.182. The summed E-state index contributed by atoms with van der Waals surface area (Å²) in [6.07, 6.45) is -2.24. The number of amides is 1. The summed E-state index contributed by atoms with van der Waals surface area (Å²) in [7, 11) is 0. The molecule has 1 aromatic rings. The zero-order chi connectivity index (χ0) is 15.6. The summed E-state index contributed by atoms with van der Waals surface area (Å²) in [5, 5.41) is 2.98. The summed E-state index contributed by atoms with van der Waals surface area (Å²) in [6.45, 7) is 0. The molecule has 0 saturated heterocycles. The van der Waals surface area contributed by atoms with Crippen molar-refractivity contribution in [2.45, 2.75) is 37.9 Å². The van der Waals surface area contributed by atoms with Crippen LogP contribution in [0, 0.1) is 5.92 Å². The number of hydrogen-bond acceptors (Lipinski definition) is 2. The molecule has 0 atom stereocenters. The van der Waals surface area contributed by atoms with E-state index in [4.69, 9.17) is 23.2 Å². The SMILES string of the molecule is O=C(NC1CCC(C(F)(F)F)CC1)c1cc(Cl)ncc1Cl. The Kier molecular flexibility index (Phi) is 4.99. The lowest BCUT2D eigenvalue weighted by Crippen LogP contribution is -2.40. The Morgan fingerprint density at radius 2 is 1.86 bits per heavy atom. The number of nitrogens with zero attached hydrogens (tertiary/aromatic N) is 1. The molecule has 0 aromatic carbocycles. The highest BCUT2D eigenvalue weighted by molar-refractivity contribution is 6.35. The monoisotopic (exact) mass is 340 g/mol. The van der Waals surface area contributed by atoms with E-state index in [2.05, 4.69) is 10.3 Å². The van der Waals surface area contributed by atoms with Crippen LogP contribution in [0.2, 0.25) is 10.2 Å². The first kappa shape index (κ1) is 16.4. The molecule has 1 aromatic heterocycles. The van der Waals surface area contributed by atoms with E-state index in [0.717, 1.165) is 0 Å². The van der Waals surface area contributed by atoms with Crippen LogP contribution in [0.5, 0.6) is 0 Å². The molecule has 0 unspecified atom stereocenters. The number of nitrogens with one attached hydrogen (secondary N) is 1. The van der Waals surface area contributed by atoms with Crippen LogP contribution in [0.3, 0.4) is 0 Å². The van der Waals surface area contributed by atoms with E-state index < -0.39 is 18.0 Å². The summed E-state index contributed by atoms with van der Waals surface area (Å²) in [4.78, 5) is 15.8. The van der Waals surface area contributed by atoms with Gasteiger partial charge in [-0.15, -0.1) is 0 Å². The fourth-order valence-electron chi connectivity index (χ4n) is 2.42. The predicted octanol–water partition coefficient (Wildman–Crippen LogP) is 4.24. The molecule has 2 rings (SSSR count). The molecule has 1 aliphatic rings. The highest BCUT2D eigenvalue weighted by atomic mass is 35.5. The topological polar surface area (TPSA) is 42.0 Å². The van der Waals surface area contributed by atoms with E-state index in [1.807, 2.05) is 0 Å². The second-order valence-electron chi connectivity index (χ2n) is 5.05. The van der Waals surface area contributed by atoms with E-state index >= 15 is 0 Å². The molecule has 1 amide bonds. The van der Waals surface area contributed by atoms with E-state index in [0.29, 0.717) is 12.8 Å². The molecule has 0 spiro atoms. The maximum atomic E-state index is 12.6. The maximum Gasteiger partial charge on any atom is 0.391 e. The zero-order valence-corrected chi connectivity index (χ0v) is 12.4. The number of alkyl halides is 3. The Morgan fingerprint density at radius 1 is 1.24 bits per heavy atom. The predicted molar refractivity (Wildman–Crippen MR) is 73.5 cm³/mol. The fraction of sp³-hybridized carbons (Fsp3) is 0.538. The summed E-state index contributed by atoms with van der Waals surface area (Å²) in [5.41, 5.74) is 0.176. The van der Waals surface area contributed by atoms with Crippen LogP contribution >= 0.6 is 23.2 Å². The molecule has 0 bridgehead atoms. The Hall–Kier alpha value is -1.01. The number of aromatic nitrogens is 1. The molecule has 1 heterocycles. The van der Waals surface area contributed by atoms with Gasteiger partial charge in [-0.25, -0.2) is 4.98 Å². The van der Waals surface area contributed by atoms with Crippen LogP contribution in [-0.4, -0.2) is 23.1 Å². The van der Waals surface area contributed by atoms with E-state index in [-0.39, 0.29) is 34.6 Å². The van der Waals surface area contributed by atoms with Crippen LogP contribution in [0.1, 0.15) is 36.0 Å². The first-order valence-electron chi connectivity index (χ1n) is 6.46. The third kappa shape index (κ3) is 4.23. The molecule has 8 heteroatoms. The second-order valence-corrected chi connectivity index (χ2v) is 5.84. The average Bonchev–Trinajstić information content (AvgIpc) is 2.41. The van der Waals surface area contributed by atoms with Gasteiger partial charge >= 0.3 is 6.18 Å². The Morgan fingerprint density at radius 3 is 2.43 bits per heavy atom. The summed E-state index contributed by atoms with van der Waals surface area (Å²) in [5.74, 6) is -1.72. The molecular formula is C13H13Cl2F3N2O. The van der Waals surface area contributed by atoms with Crippen molar-refractivity contribution in [1.82, 2.24) is 10.3 Å². The molecule has 116 valence electrons. The van der Waals surface area contributed by atoms with Gasteiger partial charge in [-0.2, -0.15) is 13.2 Å². The normalized spacial score (nSPS) is 22.9. The molecule has 3 nitrogen and oxygen atoms in total. The standard InChI is InChI=1S/C13H13Cl2F3N2O/c14-10-6-19-11(15)5-9(10)12(21)20-8-3-1-7(2-4-8)13(16,17)18/h5-8H,1-4H2,(H,20,21). The van der Waals surface area contributed by atoms with Crippen molar-refractivity contribution in [3.8, 4) is 0 Å². The zero-order valence-electron chi connectivity index (χ0n) is 10.9. The highest BCUT2D eigenvalue weighted by Crippen LogP contribution is 2.37. The number of halogens is 5. The van der Waals surface area contributed by atoms with Crippen molar-refractivity contribution in [3.63, 3.8) is 0 Å². The van der Waals surface area contributed by atoms with Crippen molar-refractivity contribution in [1.29, 1.82) is 0 Å². The van der Waals surface area contributed by atoms with Gasteiger partial charge in [0.15, 0.2) is 0 Å². The molecular weight excluding hydrogens is 328 g/mol. The van der Waals surface area contributed by atoms with Crippen LogP contribution < -0.4 is 5.32 Å². The molecule has 0 aliphatic heterocycles. The van der Waals surface area contributed by atoms with Crippen molar-refractivity contribution in [3.05, 3.63) is 28.0 Å². The van der Waals surface area contributed by atoms with Gasteiger partial charge in [-0.05, 0) is 31.7 Å². The van der Waals surface area contributed by atoms with Crippen LogP contribution in [0.25, 0.3) is 0 Å². The van der Waals surface area contributed by atoms with Gasteiger partial charge in [0.2, 0.25) is 0 Å². The average molecular weight is 341 g/mol. The quantitative estimate of drug-likeness (QED) is 0.818. The van der Waals surface area contributed by atoms with Gasteiger partial charge in [0.05, 0.1) is 16.5 Å². The smallest absolute Gasteiger partial charge is 0.349 e. The fourth-order valence-corrected chi connectivity index (χ4v) is 2.76. The van der Waals surface area contributed by atoms with E-state index in [1.54, 1.807) is 0 Å². The summed E-state index contributed by atoms with van der Waals surface area (Å²) in [6, 6.07) is 1.06. The number of carbonyl (C=O) groups is 1. The van der Waals surface area contributed by atoms with E-state index in [9.17, 15) is 18.0 Å². The minimum Gasteiger partial charge on any atom is -0.349 e. The molecule has 21 heavy (non-hydrogen) atoms. The van der Waals surface area contributed by atoms with Gasteiger partial charge in [0, 0.05) is 12.2 Å². The second kappa shape index (κ2) is 6.40. The van der Waals surface area contributed by atoms with Gasteiger partial charge in [-0.3, -0.25) is 4.79 Å². The highest BCUT2D eigenvalue weighted by Gasteiger charge is 2.41. The van der Waals surface area contributed by atoms with E-state index in [1.165, 1.54) is 12.3 Å². The Bertz CT molecular complexity index is 529. The lowest BCUT2D eigenvalue weighted by atomic mass is 9.85. The molecule has 1 aliphatic carbocycles. The van der Waals surface area contributed by atoms with Gasteiger partial charge in [0.1, 0.15) is 5.15 Å². The Labute approximate surface area is 129 Å². The third-order valence-corrected chi connectivity index (χ3v) is 4.10. The number of rotatable bonds is 2. The number of hydrogen-bond donors (Lipinski definition) is 1. The number of carbonyl (C=O) groups excluding carboxylic acids is 1. The third-order valence-electron chi connectivity index (χ3n) is 3.59. The van der Waals surface area contributed by atoms with Crippen molar-refractivity contribution in [2.24, 2.45) is 5.92 Å². The first-order valence-corrected chi connectivity index (χ1v) is 7.21. The van der Waals surface area contributed by atoms with Crippen LogP contribution in [0.15, 0.2) is 12.3 Å². The maximum absolute atomic E-state index is 12.6. The first-order chi connectivity index (χ1) is 9.77. The summed E-state index contributed by atoms with van der Waals surface area (Å²) >= 11 is 11.6. The van der Waals surface area contributed by atoms with Crippen molar-refractivity contribution in [2.75, 3.05) is 0 Å². The summed E-state index contributed by atoms with van der Waals surface area (Å²) < 4.78 is 37.7. The molecule has 0 radical (unpaired) electrons. The Balaban J connectivity index is 1.94. The molecule has 1 fully saturated rings. The lowest BCUT2D eigenvalue weighted by Gasteiger charge is -2.30.